The SMILES string of the molecule is CCOC(=O)c1cnc2cnc(OC)cn12. The molecule has 84 valence electrons. The number of esters is 1. The van der Waals surface area contributed by atoms with Crippen LogP contribution >= 0.6 is 0 Å². The van der Waals surface area contributed by atoms with Crippen molar-refractivity contribution < 1.29 is 14.3 Å². The molecule has 0 saturated heterocycles. The minimum absolute atomic E-state index is 0.328. The largest absolute Gasteiger partial charge is 0.480 e. The van der Waals surface area contributed by atoms with Crippen LogP contribution < -0.4 is 4.74 Å². The van der Waals surface area contributed by atoms with Crippen LogP contribution in [0.5, 0.6) is 5.88 Å². The highest BCUT2D eigenvalue weighted by Gasteiger charge is 2.13. The van der Waals surface area contributed by atoms with E-state index in [1.54, 1.807) is 17.5 Å². The molecule has 16 heavy (non-hydrogen) atoms. The van der Waals surface area contributed by atoms with E-state index in [-0.39, 0.29) is 0 Å². The van der Waals surface area contributed by atoms with Crippen molar-refractivity contribution in [2.24, 2.45) is 0 Å². The summed E-state index contributed by atoms with van der Waals surface area (Å²) in [7, 11) is 1.51. The first-order valence-electron chi connectivity index (χ1n) is 4.80. The third-order valence-corrected chi connectivity index (χ3v) is 2.07. The smallest absolute Gasteiger partial charge is 0.356 e. The summed E-state index contributed by atoms with van der Waals surface area (Å²) < 4.78 is 11.5. The highest BCUT2D eigenvalue weighted by Crippen LogP contribution is 2.11. The Bertz CT molecular complexity index is 521. The van der Waals surface area contributed by atoms with Gasteiger partial charge in [-0.2, -0.15) is 0 Å². The van der Waals surface area contributed by atoms with Crippen molar-refractivity contribution in [3.63, 3.8) is 0 Å². The summed E-state index contributed by atoms with van der Waals surface area (Å²) in [5.41, 5.74) is 0.932. The number of carbonyl (C=O) groups excluding carboxylic acids is 1. The Morgan fingerprint density at radius 2 is 2.25 bits per heavy atom. The molecule has 0 saturated carbocycles. The number of hydrogen-bond acceptors (Lipinski definition) is 5. The van der Waals surface area contributed by atoms with E-state index in [1.165, 1.54) is 19.5 Å². The first-order valence-corrected chi connectivity index (χ1v) is 4.80. The lowest BCUT2D eigenvalue weighted by Crippen LogP contribution is -2.08. The monoisotopic (exact) mass is 221 g/mol. The second-order valence-electron chi connectivity index (χ2n) is 3.02. The number of nitrogens with zero attached hydrogens (tertiary/aromatic N) is 3. The van der Waals surface area contributed by atoms with Gasteiger partial charge >= 0.3 is 5.97 Å². The zero-order chi connectivity index (χ0) is 11.5. The molecule has 0 fully saturated rings. The van der Waals surface area contributed by atoms with E-state index in [0.717, 1.165) is 0 Å². The quantitative estimate of drug-likeness (QED) is 0.721. The fourth-order valence-corrected chi connectivity index (χ4v) is 1.33. The zero-order valence-corrected chi connectivity index (χ0v) is 9.01. The number of carbonyl (C=O) groups is 1. The number of aromatic nitrogens is 3. The molecule has 0 amide bonds. The van der Waals surface area contributed by atoms with Crippen LogP contribution in [0.2, 0.25) is 0 Å². The maximum atomic E-state index is 11.6. The van der Waals surface area contributed by atoms with Gasteiger partial charge in [-0.25, -0.2) is 14.8 Å². The molecule has 0 unspecified atom stereocenters. The molecule has 2 heterocycles. The standard InChI is InChI=1S/C10H11N3O3/c1-3-16-10(14)7-4-11-8-5-12-9(15-2)6-13(7)8/h4-6H,3H2,1-2H3. The second kappa shape index (κ2) is 4.18. The van der Waals surface area contributed by atoms with Gasteiger partial charge < -0.3 is 9.47 Å². The molecule has 2 aromatic heterocycles. The van der Waals surface area contributed by atoms with Crippen LogP contribution in [-0.4, -0.2) is 34.1 Å². The summed E-state index contributed by atoms with van der Waals surface area (Å²) in [5, 5.41) is 0. The first-order chi connectivity index (χ1) is 7.76. The third-order valence-electron chi connectivity index (χ3n) is 2.07. The summed E-state index contributed by atoms with van der Waals surface area (Å²) in [4.78, 5) is 19.6. The fourth-order valence-electron chi connectivity index (χ4n) is 1.33. The Balaban J connectivity index is 2.49. The number of ether oxygens (including phenoxy) is 2. The lowest BCUT2D eigenvalue weighted by Gasteiger charge is -2.02. The molecule has 0 aliphatic carbocycles. The minimum atomic E-state index is -0.414. The maximum absolute atomic E-state index is 11.6. The molecule has 0 aliphatic rings. The maximum Gasteiger partial charge on any atom is 0.356 e. The topological polar surface area (TPSA) is 65.7 Å². The van der Waals surface area contributed by atoms with E-state index in [1.807, 2.05) is 0 Å². The van der Waals surface area contributed by atoms with Gasteiger partial charge in [0, 0.05) is 0 Å². The zero-order valence-electron chi connectivity index (χ0n) is 9.01. The Morgan fingerprint density at radius 3 is 2.94 bits per heavy atom. The van der Waals surface area contributed by atoms with Gasteiger partial charge in [-0.3, -0.25) is 4.40 Å². The fraction of sp³-hybridized carbons (Fsp3) is 0.300. The molecule has 0 N–H and O–H groups in total. The van der Waals surface area contributed by atoms with E-state index < -0.39 is 5.97 Å². The molecule has 0 aliphatic heterocycles. The molecule has 2 rings (SSSR count). The van der Waals surface area contributed by atoms with Crippen LogP contribution in [0.3, 0.4) is 0 Å². The van der Waals surface area contributed by atoms with Crippen LogP contribution in [0.15, 0.2) is 18.6 Å². The molecule has 6 heteroatoms. The van der Waals surface area contributed by atoms with Crippen molar-refractivity contribution in [3.8, 4) is 5.88 Å². The number of fused-ring (bicyclic) bond motifs is 1. The molecule has 0 bridgehead atoms. The lowest BCUT2D eigenvalue weighted by molar-refractivity contribution is 0.0518. The van der Waals surface area contributed by atoms with E-state index >= 15 is 0 Å². The van der Waals surface area contributed by atoms with Crippen LogP contribution in [0.25, 0.3) is 5.65 Å². The normalized spacial score (nSPS) is 10.4. The number of rotatable bonds is 3. The van der Waals surface area contributed by atoms with Crippen molar-refractivity contribution >= 4 is 11.6 Å². The third kappa shape index (κ3) is 1.69. The second-order valence-corrected chi connectivity index (χ2v) is 3.02. The number of hydrogen-bond donors (Lipinski definition) is 0. The minimum Gasteiger partial charge on any atom is -0.480 e. The van der Waals surface area contributed by atoms with Crippen molar-refractivity contribution in [1.82, 2.24) is 14.4 Å². The average molecular weight is 221 g/mol. The molecule has 2 aromatic rings. The van der Waals surface area contributed by atoms with Gasteiger partial charge in [0.25, 0.3) is 0 Å². The highest BCUT2D eigenvalue weighted by molar-refractivity contribution is 5.88. The van der Waals surface area contributed by atoms with E-state index in [0.29, 0.717) is 23.8 Å². The summed E-state index contributed by atoms with van der Waals surface area (Å²) in [6, 6.07) is 0. The summed E-state index contributed by atoms with van der Waals surface area (Å²) in [6.45, 7) is 2.08. The van der Waals surface area contributed by atoms with Crippen LogP contribution in [0, 0.1) is 0 Å². The number of methoxy groups -OCH3 is 1. The predicted molar refractivity (Wildman–Crippen MR) is 55.5 cm³/mol. The first kappa shape index (κ1) is 10.4. The van der Waals surface area contributed by atoms with E-state index in [4.69, 9.17) is 9.47 Å². The van der Waals surface area contributed by atoms with Gasteiger partial charge in [-0.1, -0.05) is 0 Å². The predicted octanol–water partition coefficient (Wildman–Crippen LogP) is 0.915. The van der Waals surface area contributed by atoms with E-state index in [2.05, 4.69) is 9.97 Å². The van der Waals surface area contributed by atoms with Gasteiger partial charge in [0.1, 0.15) is 0 Å². The molecule has 0 spiro atoms. The Morgan fingerprint density at radius 1 is 1.44 bits per heavy atom. The molecule has 0 aromatic carbocycles. The average Bonchev–Trinajstić information content (AvgIpc) is 2.71. The summed E-state index contributed by atoms with van der Waals surface area (Å²) in [6.07, 6.45) is 4.57. The van der Waals surface area contributed by atoms with Crippen molar-refractivity contribution in [2.75, 3.05) is 13.7 Å². The van der Waals surface area contributed by atoms with Gasteiger partial charge in [0.15, 0.2) is 11.3 Å². The van der Waals surface area contributed by atoms with Gasteiger partial charge in [0.2, 0.25) is 5.88 Å². The van der Waals surface area contributed by atoms with Gasteiger partial charge in [-0.15, -0.1) is 0 Å². The lowest BCUT2D eigenvalue weighted by atomic mass is 10.5. The Kier molecular flexibility index (Phi) is 2.72. The van der Waals surface area contributed by atoms with Crippen LogP contribution in [0.1, 0.15) is 17.4 Å². The molecular formula is C10H11N3O3. The molecule has 0 radical (unpaired) electrons. The van der Waals surface area contributed by atoms with Crippen LogP contribution in [-0.2, 0) is 4.74 Å². The Hall–Kier alpha value is -2.11. The molecule has 6 nitrogen and oxygen atoms in total. The summed E-state index contributed by atoms with van der Waals surface area (Å²) >= 11 is 0. The van der Waals surface area contributed by atoms with Crippen molar-refractivity contribution in [1.29, 1.82) is 0 Å². The molecular weight excluding hydrogens is 210 g/mol. The summed E-state index contributed by atoms with van der Waals surface area (Å²) in [5.74, 6) is -0.000647. The van der Waals surface area contributed by atoms with Gasteiger partial charge in [0.05, 0.1) is 32.3 Å². The number of imidazole rings is 1. The Labute approximate surface area is 91.8 Å². The molecule has 0 atom stereocenters. The van der Waals surface area contributed by atoms with Gasteiger partial charge in [-0.05, 0) is 6.92 Å². The highest BCUT2D eigenvalue weighted by atomic mass is 16.5. The van der Waals surface area contributed by atoms with Crippen LogP contribution in [0.4, 0.5) is 0 Å². The van der Waals surface area contributed by atoms with Crippen molar-refractivity contribution in [2.45, 2.75) is 6.92 Å². The van der Waals surface area contributed by atoms with E-state index in [9.17, 15) is 4.79 Å². The van der Waals surface area contributed by atoms with Crippen molar-refractivity contribution in [3.05, 3.63) is 24.3 Å².